The molecule has 1 aliphatic rings. The van der Waals surface area contributed by atoms with E-state index in [1.165, 1.54) is 19.3 Å². The minimum absolute atomic E-state index is 0.206. The molecule has 1 aliphatic carbocycles. The SMILES string of the molecule is Cc1cc(C)cc(NC(=O)c2cc(C)nc(NC3CCCCC3)n2)c1. The minimum atomic E-state index is -0.206. The van der Waals surface area contributed by atoms with Gasteiger partial charge in [0.15, 0.2) is 0 Å². The second kappa shape index (κ2) is 7.64. The molecule has 3 rings (SSSR count). The molecular weight excluding hydrogens is 312 g/mol. The lowest BCUT2D eigenvalue weighted by Crippen LogP contribution is -2.24. The van der Waals surface area contributed by atoms with Crippen molar-refractivity contribution in [3.05, 3.63) is 46.8 Å². The Hall–Kier alpha value is -2.43. The maximum atomic E-state index is 12.6. The zero-order valence-corrected chi connectivity index (χ0v) is 15.2. The van der Waals surface area contributed by atoms with Crippen LogP contribution in [0.3, 0.4) is 0 Å². The quantitative estimate of drug-likeness (QED) is 0.867. The maximum absolute atomic E-state index is 12.6. The van der Waals surface area contributed by atoms with Crippen LogP contribution in [0.4, 0.5) is 11.6 Å². The Morgan fingerprint density at radius 2 is 1.64 bits per heavy atom. The van der Waals surface area contributed by atoms with Crippen LogP contribution in [0.1, 0.15) is 59.4 Å². The number of hydrogen-bond donors (Lipinski definition) is 2. The first-order chi connectivity index (χ1) is 12.0. The van der Waals surface area contributed by atoms with E-state index in [1.54, 1.807) is 6.07 Å². The van der Waals surface area contributed by atoms with E-state index in [9.17, 15) is 4.79 Å². The van der Waals surface area contributed by atoms with Gasteiger partial charge in [-0.2, -0.15) is 0 Å². The number of nitrogens with one attached hydrogen (secondary N) is 2. The summed E-state index contributed by atoms with van der Waals surface area (Å²) in [5.74, 6) is 0.347. The Morgan fingerprint density at radius 1 is 0.960 bits per heavy atom. The Kier molecular flexibility index (Phi) is 5.31. The summed E-state index contributed by atoms with van der Waals surface area (Å²) in [6.07, 6.45) is 6.06. The summed E-state index contributed by atoms with van der Waals surface area (Å²) in [5.41, 5.74) is 4.21. The summed E-state index contributed by atoms with van der Waals surface area (Å²) in [7, 11) is 0. The summed E-state index contributed by atoms with van der Waals surface area (Å²) < 4.78 is 0. The van der Waals surface area contributed by atoms with Gasteiger partial charge in [0.05, 0.1) is 0 Å². The van der Waals surface area contributed by atoms with E-state index in [0.29, 0.717) is 17.7 Å². The van der Waals surface area contributed by atoms with Gasteiger partial charge in [0.1, 0.15) is 5.69 Å². The van der Waals surface area contributed by atoms with Gasteiger partial charge in [0, 0.05) is 17.4 Å². The summed E-state index contributed by atoms with van der Waals surface area (Å²) in [5, 5.41) is 6.34. The number of aryl methyl sites for hydroxylation is 3. The van der Waals surface area contributed by atoms with Crippen molar-refractivity contribution >= 4 is 17.5 Å². The number of nitrogens with zero attached hydrogens (tertiary/aromatic N) is 2. The lowest BCUT2D eigenvalue weighted by Gasteiger charge is -2.23. The highest BCUT2D eigenvalue weighted by atomic mass is 16.1. The lowest BCUT2D eigenvalue weighted by atomic mass is 9.96. The first-order valence-corrected chi connectivity index (χ1v) is 9.01. The highest BCUT2D eigenvalue weighted by molar-refractivity contribution is 6.03. The molecule has 25 heavy (non-hydrogen) atoms. The van der Waals surface area contributed by atoms with Crippen molar-refractivity contribution in [1.82, 2.24) is 9.97 Å². The second-order valence-corrected chi connectivity index (χ2v) is 7.03. The van der Waals surface area contributed by atoms with Crippen LogP contribution < -0.4 is 10.6 Å². The molecule has 5 heteroatoms. The zero-order chi connectivity index (χ0) is 17.8. The number of hydrogen-bond acceptors (Lipinski definition) is 4. The molecule has 0 radical (unpaired) electrons. The molecule has 0 aliphatic heterocycles. The van der Waals surface area contributed by atoms with Crippen LogP contribution >= 0.6 is 0 Å². The molecule has 132 valence electrons. The van der Waals surface area contributed by atoms with Crippen LogP contribution in [-0.2, 0) is 0 Å². The van der Waals surface area contributed by atoms with Gasteiger partial charge >= 0.3 is 0 Å². The Morgan fingerprint density at radius 3 is 2.32 bits per heavy atom. The first-order valence-electron chi connectivity index (χ1n) is 9.01. The van der Waals surface area contributed by atoms with Crippen molar-refractivity contribution in [2.75, 3.05) is 10.6 Å². The molecule has 5 nitrogen and oxygen atoms in total. The van der Waals surface area contributed by atoms with Gasteiger partial charge in [-0.25, -0.2) is 9.97 Å². The summed E-state index contributed by atoms with van der Waals surface area (Å²) >= 11 is 0. The third kappa shape index (κ3) is 4.78. The molecule has 1 fully saturated rings. The van der Waals surface area contributed by atoms with E-state index in [1.807, 2.05) is 32.9 Å². The number of carbonyl (C=O) groups is 1. The van der Waals surface area contributed by atoms with Crippen LogP contribution in [0.15, 0.2) is 24.3 Å². The number of benzene rings is 1. The van der Waals surface area contributed by atoms with Crippen LogP contribution in [0.5, 0.6) is 0 Å². The molecule has 0 unspecified atom stereocenters. The van der Waals surface area contributed by atoms with Crippen molar-refractivity contribution in [2.45, 2.75) is 58.9 Å². The molecule has 2 aromatic rings. The number of rotatable bonds is 4. The van der Waals surface area contributed by atoms with Crippen LogP contribution in [0.2, 0.25) is 0 Å². The van der Waals surface area contributed by atoms with Crippen molar-refractivity contribution in [3.63, 3.8) is 0 Å². The van der Waals surface area contributed by atoms with Gasteiger partial charge in [-0.05, 0) is 62.9 Å². The fraction of sp³-hybridized carbons (Fsp3) is 0.450. The number of anilines is 2. The first kappa shape index (κ1) is 17.4. The summed E-state index contributed by atoms with van der Waals surface area (Å²) in [4.78, 5) is 21.5. The molecule has 1 saturated carbocycles. The molecule has 1 aromatic heterocycles. The van der Waals surface area contributed by atoms with E-state index in [-0.39, 0.29) is 5.91 Å². The third-order valence-corrected chi connectivity index (χ3v) is 4.50. The number of aromatic nitrogens is 2. The average molecular weight is 338 g/mol. The van der Waals surface area contributed by atoms with Crippen LogP contribution in [0, 0.1) is 20.8 Å². The van der Waals surface area contributed by atoms with Crippen LogP contribution in [-0.4, -0.2) is 21.9 Å². The molecule has 1 amide bonds. The highest BCUT2D eigenvalue weighted by Gasteiger charge is 2.16. The van der Waals surface area contributed by atoms with E-state index >= 15 is 0 Å². The predicted molar refractivity (Wildman–Crippen MR) is 101 cm³/mol. The fourth-order valence-electron chi connectivity index (χ4n) is 3.42. The smallest absolute Gasteiger partial charge is 0.274 e. The molecule has 2 N–H and O–H groups in total. The van der Waals surface area contributed by atoms with E-state index in [0.717, 1.165) is 35.3 Å². The van der Waals surface area contributed by atoms with Gasteiger partial charge in [0.2, 0.25) is 5.95 Å². The van der Waals surface area contributed by atoms with Gasteiger partial charge in [-0.3, -0.25) is 4.79 Å². The molecular formula is C20H26N4O. The van der Waals surface area contributed by atoms with Crippen LogP contribution in [0.25, 0.3) is 0 Å². The second-order valence-electron chi connectivity index (χ2n) is 7.03. The van der Waals surface area contributed by atoms with Crippen molar-refractivity contribution in [3.8, 4) is 0 Å². The minimum Gasteiger partial charge on any atom is -0.351 e. The van der Waals surface area contributed by atoms with Crippen molar-refractivity contribution in [2.24, 2.45) is 0 Å². The fourth-order valence-corrected chi connectivity index (χ4v) is 3.42. The van der Waals surface area contributed by atoms with Crippen molar-refractivity contribution < 1.29 is 4.79 Å². The Balaban J connectivity index is 1.75. The maximum Gasteiger partial charge on any atom is 0.274 e. The molecule has 0 spiro atoms. The van der Waals surface area contributed by atoms with Gasteiger partial charge in [-0.15, -0.1) is 0 Å². The summed E-state index contributed by atoms with van der Waals surface area (Å²) in [6.45, 7) is 5.93. The average Bonchev–Trinajstić information content (AvgIpc) is 2.54. The lowest BCUT2D eigenvalue weighted by molar-refractivity contribution is 0.102. The van der Waals surface area contributed by atoms with Gasteiger partial charge in [0.25, 0.3) is 5.91 Å². The van der Waals surface area contributed by atoms with E-state index in [2.05, 4.69) is 26.7 Å². The van der Waals surface area contributed by atoms with Gasteiger partial charge < -0.3 is 10.6 Å². The molecule has 0 bridgehead atoms. The Labute approximate surface area is 149 Å². The van der Waals surface area contributed by atoms with E-state index < -0.39 is 0 Å². The summed E-state index contributed by atoms with van der Waals surface area (Å²) in [6, 6.07) is 8.13. The van der Waals surface area contributed by atoms with E-state index in [4.69, 9.17) is 0 Å². The molecule has 1 aromatic carbocycles. The molecule has 0 saturated heterocycles. The molecule has 1 heterocycles. The number of amides is 1. The molecule has 0 atom stereocenters. The highest BCUT2D eigenvalue weighted by Crippen LogP contribution is 2.21. The normalized spacial score (nSPS) is 15.0. The number of carbonyl (C=O) groups excluding carboxylic acids is 1. The predicted octanol–water partition coefficient (Wildman–Crippen LogP) is 4.40. The largest absolute Gasteiger partial charge is 0.351 e. The Bertz CT molecular complexity index is 746. The van der Waals surface area contributed by atoms with Gasteiger partial charge in [-0.1, -0.05) is 25.3 Å². The monoisotopic (exact) mass is 338 g/mol. The topological polar surface area (TPSA) is 66.9 Å². The third-order valence-electron chi connectivity index (χ3n) is 4.50. The zero-order valence-electron chi connectivity index (χ0n) is 15.2. The standard InChI is InChI=1S/C20H26N4O/c1-13-9-14(2)11-17(10-13)22-19(25)18-12-15(3)21-20(24-18)23-16-7-5-4-6-8-16/h9-12,16H,4-8H2,1-3H3,(H,22,25)(H,21,23,24). The van der Waals surface area contributed by atoms with Crippen molar-refractivity contribution in [1.29, 1.82) is 0 Å².